The molecule has 156 valence electrons. The van der Waals surface area contributed by atoms with E-state index in [9.17, 15) is 14.9 Å². The molecule has 0 aliphatic carbocycles. The molecule has 0 saturated carbocycles. The number of nitro benzene ring substituents is 1. The zero-order valence-electron chi connectivity index (χ0n) is 16.6. The largest absolute Gasteiger partial charge is 0.383 e. The predicted molar refractivity (Wildman–Crippen MR) is 115 cm³/mol. The Labute approximate surface area is 177 Å². The van der Waals surface area contributed by atoms with E-state index in [2.05, 4.69) is 15.5 Å². The zero-order valence-corrected chi connectivity index (χ0v) is 17.4. The van der Waals surface area contributed by atoms with Crippen LogP contribution in [0.2, 0.25) is 0 Å². The van der Waals surface area contributed by atoms with Gasteiger partial charge in [-0.15, -0.1) is 10.2 Å². The quantitative estimate of drug-likeness (QED) is 0.316. The minimum Gasteiger partial charge on any atom is -0.383 e. The van der Waals surface area contributed by atoms with Crippen molar-refractivity contribution >= 4 is 29.0 Å². The molecule has 0 aliphatic rings. The van der Waals surface area contributed by atoms with Crippen molar-refractivity contribution in [2.45, 2.75) is 18.6 Å². The number of amides is 1. The SMILES string of the molecule is COCCn1c(SCC(=O)Nc2ccc([N+](=O)[O-])cc2)nnc1-c1cccc(C)c1. The summed E-state index contributed by atoms with van der Waals surface area (Å²) in [5, 5.41) is 22.6. The second kappa shape index (κ2) is 9.99. The lowest BCUT2D eigenvalue weighted by atomic mass is 10.1. The number of carbonyl (C=O) groups is 1. The van der Waals surface area contributed by atoms with Crippen LogP contribution in [-0.4, -0.2) is 45.1 Å². The van der Waals surface area contributed by atoms with Crippen molar-refractivity contribution in [2.75, 3.05) is 24.8 Å². The minimum absolute atomic E-state index is 0.0303. The fourth-order valence-corrected chi connectivity index (χ4v) is 3.54. The van der Waals surface area contributed by atoms with Gasteiger partial charge in [-0.1, -0.05) is 35.5 Å². The number of hydrogen-bond donors (Lipinski definition) is 1. The molecule has 0 spiro atoms. The van der Waals surface area contributed by atoms with E-state index in [-0.39, 0.29) is 17.3 Å². The Morgan fingerprint density at radius 2 is 2.00 bits per heavy atom. The molecule has 0 bridgehead atoms. The minimum atomic E-state index is -0.486. The standard InChI is InChI=1S/C20H21N5O4S/c1-14-4-3-5-15(12-14)19-22-23-20(24(19)10-11-29-2)30-13-18(26)21-16-6-8-17(9-7-16)25(27)28/h3-9,12H,10-11,13H2,1-2H3,(H,21,26). The molecule has 0 fully saturated rings. The number of aromatic nitrogens is 3. The van der Waals surface area contributed by atoms with Crippen molar-refractivity contribution in [1.82, 2.24) is 14.8 Å². The first-order valence-electron chi connectivity index (χ1n) is 9.14. The number of nitrogens with one attached hydrogen (secondary N) is 1. The van der Waals surface area contributed by atoms with Gasteiger partial charge in [0.15, 0.2) is 11.0 Å². The Morgan fingerprint density at radius 1 is 1.23 bits per heavy atom. The van der Waals surface area contributed by atoms with Crippen LogP contribution < -0.4 is 5.32 Å². The van der Waals surface area contributed by atoms with E-state index in [1.165, 1.54) is 36.0 Å². The van der Waals surface area contributed by atoms with Gasteiger partial charge in [0.2, 0.25) is 5.91 Å². The summed E-state index contributed by atoms with van der Waals surface area (Å²) in [6.45, 7) is 3.05. The van der Waals surface area contributed by atoms with Gasteiger partial charge in [0.1, 0.15) is 0 Å². The summed E-state index contributed by atoms with van der Waals surface area (Å²) in [4.78, 5) is 22.5. The molecular weight excluding hydrogens is 406 g/mol. The molecule has 1 heterocycles. The van der Waals surface area contributed by atoms with E-state index < -0.39 is 4.92 Å². The summed E-state index contributed by atoms with van der Waals surface area (Å²) in [5.41, 5.74) is 2.52. The summed E-state index contributed by atoms with van der Waals surface area (Å²) in [5.74, 6) is 0.594. The average molecular weight is 427 g/mol. The van der Waals surface area contributed by atoms with Gasteiger partial charge in [-0.2, -0.15) is 0 Å². The molecule has 9 nitrogen and oxygen atoms in total. The lowest BCUT2D eigenvalue weighted by Gasteiger charge is -2.10. The molecule has 30 heavy (non-hydrogen) atoms. The fourth-order valence-electron chi connectivity index (χ4n) is 2.77. The summed E-state index contributed by atoms with van der Waals surface area (Å²) >= 11 is 1.27. The lowest BCUT2D eigenvalue weighted by molar-refractivity contribution is -0.384. The van der Waals surface area contributed by atoms with Crippen molar-refractivity contribution in [1.29, 1.82) is 0 Å². The van der Waals surface area contributed by atoms with E-state index in [0.29, 0.717) is 29.8 Å². The number of thioether (sulfide) groups is 1. The van der Waals surface area contributed by atoms with E-state index in [1.807, 2.05) is 35.8 Å². The highest BCUT2D eigenvalue weighted by atomic mass is 32.2. The number of carbonyl (C=O) groups excluding carboxylic acids is 1. The van der Waals surface area contributed by atoms with Gasteiger partial charge in [0.05, 0.1) is 23.8 Å². The van der Waals surface area contributed by atoms with Gasteiger partial charge in [-0.3, -0.25) is 19.5 Å². The molecule has 3 aromatic rings. The van der Waals surface area contributed by atoms with Crippen LogP contribution in [0, 0.1) is 17.0 Å². The molecule has 10 heteroatoms. The number of rotatable bonds is 9. The first kappa shape index (κ1) is 21.5. The lowest BCUT2D eigenvalue weighted by Crippen LogP contribution is -2.15. The van der Waals surface area contributed by atoms with E-state index >= 15 is 0 Å². The third-order valence-electron chi connectivity index (χ3n) is 4.21. The van der Waals surface area contributed by atoms with Gasteiger partial charge in [-0.25, -0.2) is 0 Å². The van der Waals surface area contributed by atoms with Gasteiger partial charge < -0.3 is 10.1 Å². The van der Waals surface area contributed by atoms with E-state index in [1.54, 1.807) is 7.11 Å². The van der Waals surface area contributed by atoms with Crippen LogP contribution in [0.3, 0.4) is 0 Å². The smallest absolute Gasteiger partial charge is 0.269 e. The van der Waals surface area contributed by atoms with E-state index in [4.69, 9.17) is 4.74 Å². The first-order chi connectivity index (χ1) is 14.5. The van der Waals surface area contributed by atoms with Crippen LogP contribution in [0.4, 0.5) is 11.4 Å². The molecule has 0 radical (unpaired) electrons. The van der Waals surface area contributed by atoms with Crippen molar-refractivity contribution in [3.05, 3.63) is 64.2 Å². The molecule has 0 atom stereocenters. The molecule has 0 unspecified atom stereocenters. The fraction of sp³-hybridized carbons (Fsp3) is 0.250. The molecule has 0 aliphatic heterocycles. The number of ether oxygens (including phenoxy) is 1. The van der Waals surface area contributed by atoms with Crippen LogP contribution >= 0.6 is 11.8 Å². The molecule has 1 N–H and O–H groups in total. The average Bonchev–Trinajstić information content (AvgIpc) is 3.14. The number of nitro groups is 1. The van der Waals surface area contributed by atoms with Crippen molar-refractivity contribution in [3.63, 3.8) is 0 Å². The van der Waals surface area contributed by atoms with Crippen LogP contribution in [0.1, 0.15) is 5.56 Å². The summed E-state index contributed by atoms with van der Waals surface area (Å²) < 4.78 is 7.14. The van der Waals surface area contributed by atoms with Gasteiger partial charge >= 0.3 is 0 Å². The number of hydrogen-bond acceptors (Lipinski definition) is 7. The Morgan fingerprint density at radius 3 is 2.67 bits per heavy atom. The predicted octanol–water partition coefficient (Wildman–Crippen LogP) is 3.54. The topological polar surface area (TPSA) is 112 Å². The number of nitrogens with zero attached hydrogens (tertiary/aromatic N) is 4. The Kier molecular flexibility index (Phi) is 7.15. The number of non-ortho nitro benzene ring substituents is 1. The van der Waals surface area contributed by atoms with Crippen molar-refractivity contribution in [3.8, 4) is 11.4 Å². The Hall–Kier alpha value is -3.24. The molecular formula is C20H21N5O4S. The number of aryl methyl sites for hydroxylation is 1. The summed E-state index contributed by atoms with van der Waals surface area (Å²) in [7, 11) is 1.63. The highest BCUT2D eigenvalue weighted by molar-refractivity contribution is 7.99. The Balaban J connectivity index is 1.69. The highest BCUT2D eigenvalue weighted by Gasteiger charge is 2.16. The van der Waals surface area contributed by atoms with Gasteiger partial charge in [0.25, 0.3) is 5.69 Å². The maximum atomic E-state index is 12.3. The van der Waals surface area contributed by atoms with Crippen molar-refractivity contribution in [2.24, 2.45) is 0 Å². The summed E-state index contributed by atoms with van der Waals surface area (Å²) in [6, 6.07) is 13.7. The third kappa shape index (κ3) is 5.43. The van der Waals surface area contributed by atoms with Gasteiger partial charge in [0, 0.05) is 30.5 Å². The molecule has 3 rings (SSSR count). The van der Waals surface area contributed by atoms with E-state index in [0.717, 1.165) is 11.1 Å². The summed E-state index contributed by atoms with van der Waals surface area (Å²) in [6.07, 6.45) is 0. The molecule has 1 amide bonds. The second-order valence-electron chi connectivity index (χ2n) is 6.46. The molecule has 2 aromatic carbocycles. The van der Waals surface area contributed by atoms with Crippen LogP contribution in [-0.2, 0) is 16.1 Å². The monoisotopic (exact) mass is 427 g/mol. The maximum absolute atomic E-state index is 12.3. The van der Waals surface area contributed by atoms with Crippen molar-refractivity contribution < 1.29 is 14.5 Å². The number of benzene rings is 2. The zero-order chi connectivity index (χ0) is 21.5. The van der Waals surface area contributed by atoms with Crippen LogP contribution in [0.15, 0.2) is 53.7 Å². The molecule has 0 saturated heterocycles. The normalized spacial score (nSPS) is 10.7. The highest BCUT2D eigenvalue weighted by Crippen LogP contribution is 2.25. The molecule has 1 aromatic heterocycles. The number of anilines is 1. The van der Waals surface area contributed by atoms with Crippen LogP contribution in [0.5, 0.6) is 0 Å². The van der Waals surface area contributed by atoms with Gasteiger partial charge in [-0.05, 0) is 25.1 Å². The maximum Gasteiger partial charge on any atom is 0.269 e. The van der Waals surface area contributed by atoms with Crippen LogP contribution in [0.25, 0.3) is 11.4 Å². The second-order valence-corrected chi connectivity index (χ2v) is 7.40. The third-order valence-corrected chi connectivity index (χ3v) is 5.17. The first-order valence-corrected chi connectivity index (χ1v) is 10.1. The number of methoxy groups -OCH3 is 1. The Bertz CT molecular complexity index is 1040.